The highest BCUT2D eigenvalue weighted by Gasteiger charge is 2.26. The summed E-state index contributed by atoms with van der Waals surface area (Å²) in [6.45, 7) is 9.07. The van der Waals surface area contributed by atoms with Gasteiger partial charge in [0.25, 0.3) is 0 Å². The molecular weight excluding hydrogens is 268 g/mol. The van der Waals surface area contributed by atoms with Crippen LogP contribution in [0.3, 0.4) is 0 Å². The van der Waals surface area contributed by atoms with Gasteiger partial charge in [0.05, 0.1) is 0 Å². The van der Waals surface area contributed by atoms with Crippen LogP contribution < -0.4 is 5.19 Å². The Morgan fingerprint density at radius 3 is 2.16 bits per heavy atom. The van der Waals surface area contributed by atoms with Gasteiger partial charge in [-0.3, -0.25) is 0 Å². The van der Waals surface area contributed by atoms with Crippen LogP contribution >= 0.6 is 11.6 Å². The molecule has 0 saturated heterocycles. The highest BCUT2D eigenvalue weighted by atomic mass is 35.5. The Morgan fingerprint density at radius 2 is 1.58 bits per heavy atom. The molecule has 2 rings (SSSR count). The lowest BCUT2D eigenvalue weighted by atomic mass is 10.1. The third-order valence-electron chi connectivity index (χ3n) is 3.71. The molecule has 0 unspecified atom stereocenters. The van der Waals surface area contributed by atoms with Crippen molar-refractivity contribution in [3.05, 3.63) is 77.0 Å². The van der Waals surface area contributed by atoms with Gasteiger partial charge in [-0.2, -0.15) is 0 Å². The summed E-state index contributed by atoms with van der Waals surface area (Å²) >= 11 is 5.92. The van der Waals surface area contributed by atoms with Crippen molar-refractivity contribution < 1.29 is 0 Å². The summed E-state index contributed by atoms with van der Waals surface area (Å²) in [5, 5.41) is 3.57. The summed E-state index contributed by atoms with van der Waals surface area (Å²) in [5.41, 5.74) is 1.28. The Hall–Kier alpha value is -1.31. The standard InChI is InChI=1S/C17H19ClSi/c1-14(13-15-9-11-16(18)12-10-15)19(2,3)17-7-5-4-6-8-17/h4-12H,1,13H2,2-3H3. The van der Waals surface area contributed by atoms with Crippen LogP contribution in [0.2, 0.25) is 18.1 Å². The van der Waals surface area contributed by atoms with Gasteiger partial charge in [0.1, 0.15) is 8.07 Å². The molecule has 2 aromatic carbocycles. The minimum atomic E-state index is -1.61. The van der Waals surface area contributed by atoms with Crippen molar-refractivity contribution in [2.24, 2.45) is 0 Å². The minimum Gasteiger partial charge on any atom is -0.103 e. The number of hydrogen-bond acceptors (Lipinski definition) is 0. The summed E-state index contributed by atoms with van der Waals surface area (Å²) in [4.78, 5) is 0. The van der Waals surface area contributed by atoms with Crippen LogP contribution in [0, 0.1) is 0 Å². The van der Waals surface area contributed by atoms with E-state index in [0.29, 0.717) is 0 Å². The first-order valence-corrected chi connectivity index (χ1v) is 9.86. The quantitative estimate of drug-likeness (QED) is 0.721. The lowest BCUT2D eigenvalue weighted by Gasteiger charge is -2.26. The minimum absolute atomic E-state index is 0.786. The molecule has 98 valence electrons. The van der Waals surface area contributed by atoms with Gasteiger partial charge in [-0.05, 0) is 24.1 Å². The van der Waals surface area contributed by atoms with Gasteiger partial charge < -0.3 is 0 Å². The summed E-state index contributed by atoms with van der Waals surface area (Å²) in [5.74, 6) is 0. The second-order valence-electron chi connectivity index (χ2n) is 5.40. The highest BCUT2D eigenvalue weighted by Crippen LogP contribution is 2.19. The van der Waals surface area contributed by atoms with Crippen molar-refractivity contribution >= 4 is 24.9 Å². The average Bonchev–Trinajstić information content (AvgIpc) is 2.42. The molecule has 0 bridgehead atoms. The van der Waals surface area contributed by atoms with Gasteiger partial charge >= 0.3 is 0 Å². The Bertz CT molecular complexity index is 556. The molecule has 0 aromatic heterocycles. The van der Waals surface area contributed by atoms with Crippen LogP contribution in [-0.2, 0) is 6.42 Å². The summed E-state index contributed by atoms with van der Waals surface area (Å²) in [7, 11) is -1.61. The molecule has 0 fully saturated rings. The van der Waals surface area contributed by atoms with E-state index in [1.807, 2.05) is 12.1 Å². The van der Waals surface area contributed by atoms with Crippen LogP contribution in [0.5, 0.6) is 0 Å². The molecule has 2 aromatic rings. The Balaban J connectivity index is 2.17. The molecule has 0 N–H and O–H groups in total. The second kappa shape index (κ2) is 5.77. The zero-order valence-electron chi connectivity index (χ0n) is 11.5. The van der Waals surface area contributed by atoms with Crippen molar-refractivity contribution in [1.29, 1.82) is 0 Å². The van der Waals surface area contributed by atoms with E-state index in [1.54, 1.807) is 0 Å². The zero-order chi connectivity index (χ0) is 13.9. The molecule has 0 radical (unpaired) electrons. The lowest BCUT2D eigenvalue weighted by Crippen LogP contribution is -2.44. The molecule has 0 heterocycles. The molecule has 0 atom stereocenters. The fraction of sp³-hybridized carbons (Fsp3) is 0.176. The van der Waals surface area contributed by atoms with Gasteiger partial charge in [-0.25, -0.2) is 0 Å². The normalized spacial score (nSPS) is 11.3. The van der Waals surface area contributed by atoms with Crippen LogP contribution in [0.1, 0.15) is 5.56 Å². The zero-order valence-corrected chi connectivity index (χ0v) is 13.2. The molecule has 0 amide bonds. The Labute approximate surface area is 121 Å². The van der Waals surface area contributed by atoms with Crippen molar-refractivity contribution in [3.63, 3.8) is 0 Å². The van der Waals surface area contributed by atoms with Crippen LogP contribution in [-0.4, -0.2) is 8.07 Å². The van der Waals surface area contributed by atoms with Crippen LogP contribution in [0.4, 0.5) is 0 Å². The van der Waals surface area contributed by atoms with Crippen molar-refractivity contribution in [2.75, 3.05) is 0 Å². The van der Waals surface area contributed by atoms with E-state index in [0.717, 1.165) is 11.4 Å². The van der Waals surface area contributed by atoms with E-state index >= 15 is 0 Å². The van der Waals surface area contributed by atoms with E-state index in [4.69, 9.17) is 11.6 Å². The van der Waals surface area contributed by atoms with Crippen LogP contribution in [0.25, 0.3) is 0 Å². The van der Waals surface area contributed by atoms with Gasteiger partial charge in [0.2, 0.25) is 0 Å². The smallest absolute Gasteiger partial charge is 0.103 e. The first-order chi connectivity index (χ1) is 9.00. The third kappa shape index (κ3) is 3.37. The molecule has 0 aliphatic carbocycles. The van der Waals surface area contributed by atoms with Gasteiger partial charge in [0, 0.05) is 5.02 Å². The number of rotatable bonds is 4. The SMILES string of the molecule is C=C(Cc1ccc(Cl)cc1)[Si](C)(C)c1ccccc1. The number of allylic oxidation sites excluding steroid dienone is 1. The first kappa shape index (κ1) is 14.1. The fourth-order valence-electron chi connectivity index (χ4n) is 2.13. The van der Waals surface area contributed by atoms with Crippen LogP contribution in [0.15, 0.2) is 66.4 Å². The third-order valence-corrected chi connectivity index (χ3v) is 7.68. The molecule has 0 aliphatic rings. The molecule has 0 nitrogen and oxygen atoms in total. The maximum Gasteiger partial charge on any atom is 0.107 e. The maximum absolute atomic E-state index is 5.92. The van der Waals surface area contributed by atoms with E-state index in [1.165, 1.54) is 15.9 Å². The highest BCUT2D eigenvalue weighted by molar-refractivity contribution is 6.95. The Morgan fingerprint density at radius 1 is 1.00 bits per heavy atom. The molecule has 0 aliphatic heterocycles. The van der Waals surface area contributed by atoms with E-state index in [2.05, 4.69) is 62.1 Å². The average molecular weight is 287 g/mol. The van der Waals surface area contributed by atoms with Gasteiger partial charge in [-0.15, -0.1) is 6.58 Å². The second-order valence-corrected chi connectivity index (χ2v) is 10.4. The van der Waals surface area contributed by atoms with Crippen molar-refractivity contribution in [2.45, 2.75) is 19.5 Å². The number of benzene rings is 2. The molecule has 0 spiro atoms. The van der Waals surface area contributed by atoms with E-state index in [-0.39, 0.29) is 0 Å². The topological polar surface area (TPSA) is 0 Å². The summed E-state index contributed by atoms with van der Waals surface area (Å²) in [6, 6.07) is 18.8. The van der Waals surface area contributed by atoms with Gasteiger partial charge in [-0.1, -0.05) is 77.5 Å². The monoisotopic (exact) mass is 286 g/mol. The summed E-state index contributed by atoms with van der Waals surface area (Å²) in [6.07, 6.45) is 0.936. The van der Waals surface area contributed by atoms with Crippen molar-refractivity contribution in [3.8, 4) is 0 Å². The van der Waals surface area contributed by atoms with Crippen molar-refractivity contribution in [1.82, 2.24) is 0 Å². The molecule has 19 heavy (non-hydrogen) atoms. The molecule has 0 saturated carbocycles. The predicted molar refractivity (Wildman–Crippen MR) is 87.9 cm³/mol. The largest absolute Gasteiger partial charge is 0.107 e. The molecule has 2 heteroatoms. The number of hydrogen-bond donors (Lipinski definition) is 0. The van der Waals surface area contributed by atoms with E-state index in [9.17, 15) is 0 Å². The molecular formula is C17H19ClSi. The summed E-state index contributed by atoms with van der Waals surface area (Å²) < 4.78 is 0. The lowest BCUT2D eigenvalue weighted by molar-refractivity contribution is 1.23. The predicted octanol–water partition coefficient (Wildman–Crippen LogP) is 4.59. The fourth-order valence-corrected chi connectivity index (χ4v) is 4.33. The Kier molecular flexibility index (Phi) is 4.28. The number of halogens is 1. The van der Waals surface area contributed by atoms with E-state index < -0.39 is 8.07 Å². The maximum atomic E-state index is 5.92. The first-order valence-electron chi connectivity index (χ1n) is 6.48. The van der Waals surface area contributed by atoms with Gasteiger partial charge in [0.15, 0.2) is 0 Å².